The Bertz CT molecular complexity index is 522. The highest BCUT2D eigenvalue weighted by Gasteiger charge is 2.31. The molecule has 2 heteroatoms. The molecule has 1 aliphatic carbocycles. The molecule has 0 aliphatic heterocycles. The summed E-state index contributed by atoms with van der Waals surface area (Å²) in [7, 11) is 0. The first-order chi connectivity index (χ1) is 10.2. The van der Waals surface area contributed by atoms with E-state index in [0.717, 1.165) is 37.7 Å². The SMILES string of the molecule is CC1=C=CC/C(C)=C/C(=O)C(C(C)(C)Cl)CC/C(C)=C\CC1. The smallest absolute Gasteiger partial charge is 0.160 e. The van der Waals surface area contributed by atoms with Crippen molar-refractivity contribution in [3.8, 4) is 0 Å². The number of hydrogen-bond acceptors (Lipinski definition) is 1. The lowest BCUT2D eigenvalue weighted by Gasteiger charge is -2.26. The standard InChI is InChI=1S/C20H29ClO/c1-15-8-6-10-16(2)12-13-18(20(4,5)21)19(22)14-17(3)11-7-9-15/h7,10,14,18H,6,8,11-13H2,1-5H3/b16-10-,17-14+. The van der Waals surface area contributed by atoms with Gasteiger partial charge in [-0.2, -0.15) is 0 Å². The second kappa shape index (κ2) is 8.56. The van der Waals surface area contributed by atoms with Crippen LogP contribution in [0.15, 0.2) is 40.7 Å². The van der Waals surface area contributed by atoms with Crippen molar-refractivity contribution < 1.29 is 4.79 Å². The van der Waals surface area contributed by atoms with E-state index in [0.29, 0.717) is 0 Å². The molecule has 0 bridgehead atoms. The number of allylic oxidation sites excluding steroid dienone is 5. The first-order valence-electron chi connectivity index (χ1n) is 8.16. The maximum absolute atomic E-state index is 12.6. The highest BCUT2D eigenvalue weighted by Crippen LogP contribution is 2.31. The number of hydrogen-bond donors (Lipinski definition) is 0. The van der Waals surface area contributed by atoms with Gasteiger partial charge < -0.3 is 0 Å². The summed E-state index contributed by atoms with van der Waals surface area (Å²) in [5.41, 5.74) is 7.00. The predicted molar refractivity (Wildman–Crippen MR) is 96.3 cm³/mol. The number of halogens is 1. The Morgan fingerprint density at radius 3 is 2.50 bits per heavy atom. The second-order valence-corrected chi connectivity index (χ2v) is 7.94. The van der Waals surface area contributed by atoms with E-state index in [2.05, 4.69) is 25.7 Å². The first kappa shape index (κ1) is 19.0. The van der Waals surface area contributed by atoms with Crippen LogP contribution in [0.3, 0.4) is 0 Å². The molecule has 0 aromatic heterocycles. The van der Waals surface area contributed by atoms with Gasteiger partial charge in [0.1, 0.15) is 0 Å². The molecule has 0 N–H and O–H groups in total. The summed E-state index contributed by atoms with van der Waals surface area (Å²) >= 11 is 6.48. The van der Waals surface area contributed by atoms with E-state index in [1.54, 1.807) is 6.08 Å². The van der Waals surface area contributed by atoms with Gasteiger partial charge in [0.05, 0.1) is 0 Å². The van der Waals surface area contributed by atoms with Gasteiger partial charge >= 0.3 is 0 Å². The van der Waals surface area contributed by atoms with Crippen molar-refractivity contribution in [2.75, 3.05) is 0 Å². The van der Waals surface area contributed by atoms with Crippen molar-refractivity contribution in [1.82, 2.24) is 0 Å². The molecule has 0 heterocycles. The molecule has 122 valence electrons. The second-order valence-electron chi connectivity index (χ2n) is 6.97. The molecular formula is C20H29ClO. The molecule has 0 aromatic carbocycles. The van der Waals surface area contributed by atoms with Gasteiger partial charge in [0.2, 0.25) is 0 Å². The zero-order valence-corrected chi connectivity index (χ0v) is 15.4. The fraction of sp³-hybridized carbons (Fsp3) is 0.600. The van der Waals surface area contributed by atoms with Crippen LogP contribution in [0.1, 0.15) is 66.7 Å². The lowest BCUT2D eigenvalue weighted by molar-refractivity contribution is -0.119. The lowest BCUT2D eigenvalue weighted by Crippen LogP contribution is -2.31. The number of carbonyl (C=O) groups is 1. The van der Waals surface area contributed by atoms with Crippen molar-refractivity contribution in [1.29, 1.82) is 0 Å². The molecule has 0 saturated heterocycles. The van der Waals surface area contributed by atoms with E-state index in [1.165, 1.54) is 11.1 Å². The third-order valence-corrected chi connectivity index (χ3v) is 4.44. The molecule has 0 amide bonds. The highest BCUT2D eigenvalue weighted by atomic mass is 35.5. The van der Waals surface area contributed by atoms with E-state index in [4.69, 9.17) is 11.6 Å². The van der Waals surface area contributed by atoms with Crippen molar-refractivity contribution in [3.05, 3.63) is 40.7 Å². The largest absolute Gasteiger partial charge is 0.294 e. The van der Waals surface area contributed by atoms with Gasteiger partial charge in [-0.05, 0) is 84.4 Å². The van der Waals surface area contributed by atoms with Crippen LogP contribution in [-0.4, -0.2) is 10.7 Å². The molecule has 0 saturated carbocycles. The van der Waals surface area contributed by atoms with Gasteiger partial charge in [-0.3, -0.25) is 4.79 Å². The molecule has 0 radical (unpaired) electrons. The molecule has 1 aliphatic rings. The zero-order valence-electron chi connectivity index (χ0n) is 14.6. The van der Waals surface area contributed by atoms with Gasteiger partial charge in [-0.1, -0.05) is 17.2 Å². The maximum atomic E-state index is 12.6. The van der Waals surface area contributed by atoms with Crippen LogP contribution < -0.4 is 0 Å². The fourth-order valence-electron chi connectivity index (χ4n) is 2.69. The number of carbonyl (C=O) groups excluding carboxylic acids is 1. The van der Waals surface area contributed by atoms with E-state index in [-0.39, 0.29) is 11.7 Å². The molecule has 1 unspecified atom stereocenters. The molecule has 1 nitrogen and oxygen atoms in total. The summed E-state index contributed by atoms with van der Waals surface area (Å²) in [4.78, 5) is 12.1. The average Bonchev–Trinajstić information content (AvgIpc) is 2.36. The first-order valence-corrected chi connectivity index (χ1v) is 8.54. The number of alkyl halides is 1. The quantitative estimate of drug-likeness (QED) is 0.322. The fourth-order valence-corrected chi connectivity index (χ4v) is 2.91. The van der Waals surface area contributed by atoms with E-state index in [9.17, 15) is 4.79 Å². The van der Waals surface area contributed by atoms with Crippen LogP contribution in [0.5, 0.6) is 0 Å². The Kier molecular flexibility index (Phi) is 7.39. The molecule has 0 fully saturated rings. The third-order valence-electron chi connectivity index (χ3n) is 4.17. The van der Waals surface area contributed by atoms with Gasteiger partial charge in [0.25, 0.3) is 0 Å². The van der Waals surface area contributed by atoms with Crippen molar-refractivity contribution >= 4 is 17.4 Å². The van der Waals surface area contributed by atoms with E-state index in [1.807, 2.05) is 26.8 Å². The Morgan fingerprint density at radius 2 is 1.86 bits per heavy atom. The van der Waals surface area contributed by atoms with Crippen LogP contribution in [0, 0.1) is 5.92 Å². The van der Waals surface area contributed by atoms with E-state index < -0.39 is 4.87 Å². The predicted octanol–water partition coefficient (Wildman–Crippen LogP) is 6.15. The monoisotopic (exact) mass is 320 g/mol. The van der Waals surface area contributed by atoms with Crippen molar-refractivity contribution in [2.45, 2.75) is 71.6 Å². The summed E-state index contributed by atoms with van der Waals surface area (Å²) in [5.74, 6) is 0.00752. The summed E-state index contributed by atoms with van der Waals surface area (Å²) in [6.45, 7) is 10.1. The Labute approximate surface area is 140 Å². The van der Waals surface area contributed by atoms with Crippen LogP contribution in [-0.2, 0) is 4.79 Å². The summed E-state index contributed by atoms with van der Waals surface area (Å²) in [6, 6.07) is 0. The molecule has 1 atom stereocenters. The Balaban J connectivity index is 3.08. The lowest BCUT2D eigenvalue weighted by atomic mass is 9.84. The average molecular weight is 321 g/mol. The normalized spacial score (nSPS) is 27.3. The van der Waals surface area contributed by atoms with Crippen LogP contribution >= 0.6 is 11.6 Å². The van der Waals surface area contributed by atoms with Gasteiger partial charge in [0.15, 0.2) is 5.78 Å². The minimum atomic E-state index is -0.516. The summed E-state index contributed by atoms with van der Waals surface area (Å²) in [6.07, 6.45) is 10.7. The van der Waals surface area contributed by atoms with Crippen LogP contribution in [0.2, 0.25) is 0 Å². The minimum absolute atomic E-state index is 0.142. The van der Waals surface area contributed by atoms with Gasteiger partial charge in [-0.15, -0.1) is 17.3 Å². The molecule has 22 heavy (non-hydrogen) atoms. The molecule has 0 spiro atoms. The zero-order chi connectivity index (χ0) is 16.8. The highest BCUT2D eigenvalue weighted by molar-refractivity contribution is 6.25. The molecular weight excluding hydrogens is 292 g/mol. The summed E-state index contributed by atoms with van der Waals surface area (Å²) < 4.78 is 0. The van der Waals surface area contributed by atoms with Gasteiger partial charge in [-0.25, -0.2) is 0 Å². The van der Waals surface area contributed by atoms with Crippen LogP contribution in [0.25, 0.3) is 0 Å². The molecule has 0 aromatic rings. The van der Waals surface area contributed by atoms with Gasteiger partial charge in [0, 0.05) is 10.8 Å². The minimum Gasteiger partial charge on any atom is -0.294 e. The third kappa shape index (κ3) is 6.81. The molecule has 1 rings (SSSR count). The topological polar surface area (TPSA) is 17.1 Å². The van der Waals surface area contributed by atoms with E-state index >= 15 is 0 Å². The Morgan fingerprint density at radius 1 is 1.18 bits per heavy atom. The number of rotatable bonds is 1. The van der Waals surface area contributed by atoms with Crippen molar-refractivity contribution in [3.63, 3.8) is 0 Å². The summed E-state index contributed by atoms with van der Waals surface area (Å²) in [5, 5.41) is 0. The Hall–Kier alpha value is -1.04. The maximum Gasteiger partial charge on any atom is 0.160 e. The van der Waals surface area contributed by atoms with Crippen LogP contribution in [0.4, 0.5) is 0 Å². The number of ketones is 1. The van der Waals surface area contributed by atoms with Crippen molar-refractivity contribution in [2.24, 2.45) is 5.92 Å².